The largest absolute Gasteiger partial charge is 0.389 e. The van der Waals surface area contributed by atoms with Crippen molar-refractivity contribution >= 4 is 17.2 Å². The lowest BCUT2D eigenvalue weighted by Gasteiger charge is -2.28. The summed E-state index contributed by atoms with van der Waals surface area (Å²) in [7, 11) is 2.04. The molecule has 0 radical (unpaired) electrons. The zero-order valence-corrected chi connectivity index (χ0v) is 12.5. The number of halogens is 1. The van der Waals surface area contributed by atoms with Gasteiger partial charge in [-0.25, -0.2) is 4.98 Å². The molecule has 0 spiro atoms. The highest BCUT2D eigenvalue weighted by Gasteiger charge is 2.32. The average molecular weight is 294 g/mol. The predicted molar refractivity (Wildman–Crippen MR) is 80.0 cm³/mol. The summed E-state index contributed by atoms with van der Waals surface area (Å²) in [5, 5.41) is 11.1. The highest BCUT2D eigenvalue weighted by molar-refractivity contribution is 6.30. The molecule has 0 aliphatic heterocycles. The molecular weight excluding hydrogens is 274 g/mol. The number of nitrogens with zero attached hydrogens (tertiary/aromatic N) is 3. The summed E-state index contributed by atoms with van der Waals surface area (Å²) >= 11 is 5.97. The van der Waals surface area contributed by atoms with Crippen molar-refractivity contribution in [1.82, 2.24) is 14.3 Å². The van der Waals surface area contributed by atoms with Crippen LogP contribution in [0.15, 0.2) is 24.5 Å². The minimum Gasteiger partial charge on any atom is -0.389 e. The first-order chi connectivity index (χ1) is 9.54. The molecule has 0 atom stereocenters. The third-order valence-corrected chi connectivity index (χ3v) is 4.22. The molecule has 2 heterocycles. The van der Waals surface area contributed by atoms with Crippen LogP contribution in [0.2, 0.25) is 5.02 Å². The first kappa shape index (κ1) is 13.9. The maximum absolute atomic E-state index is 10.4. The monoisotopic (exact) mass is 293 g/mol. The Labute approximate surface area is 124 Å². The summed E-state index contributed by atoms with van der Waals surface area (Å²) in [5.74, 6) is 0. The van der Waals surface area contributed by atoms with Gasteiger partial charge in [0.25, 0.3) is 0 Å². The van der Waals surface area contributed by atoms with Gasteiger partial charge in [-0.3, -0.25) is 4.90 Å². The third-order valence-electron chi connectivity index (χ3n) is 4.00. The number of imidazole rings is 1. The van der Waals surface area contributed by atoms with Gasteiger partial charge in [0, 0.05) is 25.5 Å². The normalized spacial score (nSPS) is 18.2. The van der Waals surface area contributed by atoms with E-state index in [-0.39, 0.29) is 0 Å². The highest BCUT2D eigenvalue weighted by Crippen LogP contribution is 2.30. The Morgan fingerprint density at radius 3 is 2.85 bits per heavy atom. The quantitative estimate of drug-likeness (QED) is 0.942. The second-order valence-corrected chi connectivity index (χ2v) is 6.39. The summed E-state index contributed by atoms with van der Waals surface area (Å²) in [4.78, 5) is 6.72. The van der Waals surface area contributed by atoms with E-state index >= 15 is 0 Å². The lowest BCUT2D eigenvalue weighted by molar-refractivity contribution is 0.0143. The van der Waals surface area contributed by atoms with E-state index in [0.29, 0.717) is 11.6 Å². The molecule has 1 N–H and O–H groups in total. The van der Waals surface area contributed by atoms with Gasteiger partial charge in [-0.2, -0.15) is 0 Å². The topological polar surface area (TPSA) is 40.8 Å². The van der Waals surface area contributed by atoms with Crippen LogP contribution < -0.4 is 0 Å². The summed E-state index contributed by atoms with van der Waals surface area (Å²) in [6.07, 6.45) is 7.96. The Hall–Kier alpha value is -1.10. The Kier molecular flexibility index (Phi) is 3.71. The predicted octanol–water partition coefficient (Wildman–Crippen LogP) is 2.72. The van der Waals surface area contributed by atoms with Crippen LogP contribution in [-0.2, 0) is 6.54 Å². The molecule has 5 heteroatoms. The molecular formula is C15H20ClN3O. The van der Waals surface area contributed by atoms with E-state index in [1.54, 1.807) is 0 Å². The number of aromatic nitrogens is 2. The Bertz CT molecular complexity index is 604. The fourth-order valence-electron chi connectivity index (χ4n) is 3.12. The fraction of sp³-hybridized carbons (Fsp3) is 0.533. The van der Waals surface area contributed by atoms with E-state index in [9.17, 15) is 5.11 Å². The van der Waals surface area contributed by atoms with Crippen LogP contribution in [0.3, 0.4) is 0 Å². The molecule has 0 unspecified atom stereocenters. The third kappa shape index (κ3) is 2.97. The molecule has 0 amide bonds. The minimum absolute atomic E-state index is 0.503. The molecule has 1 fully saturated rings. The summed E-state index contributed by atoms with van der Waals surface area (Å²) in [5.41, 5.74) is 1.39. The summed E-state index contributed by atoms with van der Waals surface area (Å²) < 4.78 is 1.94. The van der Waals surface area contributed by atoms with Crippen molar-refractivity contribution in [1.29, 1.82) is 0 Å². The molecule has 4 nitrogen and oxygen atoms in total. The van der Waals surface area contributed by atoms with Crippen molar-refractivity contribution in [2.45, 2.75) is 37.8 Å². The molecule has 2 aromatic rings. The summed E-state index contributed by atoms with van der Waals surface area (Å²) in [6, 6.07) is 3.76. The maximum Gasteiger partial charge on any atom is 0.137 e. The number of hydrogen-bond acceptors (Lipinski definition) is 3. The van der Waals surface area contributed by atoms with Crippen LogP contribution in [0.5, 0.6) is 0 Å². The molecule has 3 rings (SSSR count). The maximum atomic E-state index is 10.4. The van der Waals surface area contributed by atoms with Crippen LogP contribution in [-0.4, -0.2) is 38.6 Å². The van der Waals surface area contributed by atoms with Crippen molar-refractivity contribution in [2.75, 3.05) is 13.6 Å². The Morgan fingerprint density at radius 2 is 2.10 bits per heavy atom. The standard InChI is InChI=1S/C15H20ClN3O/c1-18(11-15(20)6-2-3-7-15)9-13-10-19-8-12(16)4-5-14(19)17-13/h4-5,8,10,20H,2-3,6-7,9,11H2,1H3. The highest BCUT2D eigenvalue weighted by atomic mass is 35.5. The number of likely N-dealkylation sites (N-methyl/N-ethyl adjacent to an activating group) is 1. The molecule has 1 aliphatic carbocycles. The molecule has 1 aliphatic rings. The second-order valence-electron chi connectivity index (χ2n) is 5.95. The average Bonchev–Trinajstić information content (AvgIpc) is 2.94. The van der Waals surface area contributed by atoms with Gasteiger partial charge in [0.15, 0.2) is 0 Å². The SMILES string of the molecule is CN(Cc1cn2cc(Cl)ccc2n1)CC1(O)CCCC1. The van der Waals surface area contributed by atoms with E-state index in [1.165, 1.54) is 0 Å². The number of fused-ring (bicyclic) bond motifs is 1. The van der Waals surface area contributed by atoms with Crippen LogP contribution in [0.4, 0.5) is 0 Å². The van der Waals surface area contributed by atoms with Gasteiger partial charge in [0.1, 0.15) is 5.65 Å². The van der Waals surface area contributed by atoms with E-state index in [1.807, 2.05) is 36.0 Å². The van der Waals surface area contributed by atoms with Gasteiger partial charge in [-0.05, 0) is 32.0 Å². The van der Waals surface area contributed by atoms with Crippen molar-refractivity contribution in [3.8, 4) is 0 Å². The zero-order valence-electron chi connectivity index (χ0n) is 11.7. The van der Waals surface area contributed by atoms with E-state index in [0.717, 1.165) is 43.6 Å². The first-order valence-electron chi connectivity index (χ1n) is 7.08. The number of aliphatic hydroxyl groups is 1. The van der Waals surface area contributed by atoms with Gasteiger partial charge >= 0.3 is 0 Å². The molecule has 0 aromatic carbocycles. The van der Waals surface area contributed by atoms with Gasteiger partial charge in [0.05, 0.1) is 16.3 Å². The number of hydrogen-bond donors (Lipinski definition) is 1. The van der Waals surface area contributed by atoms with E-state index in [4.69, 9.17) is 11.6 Å². The minimum atomic E-state index is -0.503. The summed E-state index contributed by atoms with van der Waals surface area (Å²) in [6.45, 7) is 1.45. The van der Waals surface area contributed by atoms with Gasteiger partial charge in [-0.15, -0.1) is 0 Å². The number of rotatable bonds is 4. The van der Waals surface area contributed by atoms with Gasteiger partial charge in [-0.1, -0.05) is 24.4 Å². The van der Waals surface area contributed by atoms with Crippen LogP contribution in [0, 0.1) is 0 Å². The lowest BCUT2D eigenvalue weighted by atomic mass is 10.0. The second kappa shape index (κ2) is 5.35. The molecule has 1 saturated carbocycles. The van der Waals surface area contributed by atoms with E-state index in [2.05, 4.69) is 9.88 Å². The molecule has 0 saturated heterocycles. The van der Waals surface area contributed by atoms with Crippen molar-refractivity contribution in [3.05, 3.63) is 35.2 Å². The van der Waals surface area contributed by atoms with Crippen LogP contribution >= 0.6 is 11.6 Å². The molecule has 108 valence electrons. The van der Waals surface area contributed by atoms with Crippen molar-refractivity contribution < 1.29 is 5.11 Å². The van der Waals surface area contributed by atoms with Gasteiger partial charge in [0.2, 0.25) is 0 Å². The zero-order chi connectivity index (χ0) is 14.2. The van der Waals surface area contributed by atoms with E-state index < -0.39 is 5.60 Å². The van der Waals surface area contributed by atoms with Crippen LogP contribution in [0.25, 0.3) is 5.65 Å². The van der Waals surface area contributed by atoms with Gasteiger partial charge < -0.3 is 9.51 Å². The smallest absolute Gasteiger partial charge is 0.137 e. The lowest BCUT2D eigenvalue weighted by Crippen LogP contribution is -2.38. The fourth-order valence-corrected chi connectivity index (χ4v) is 3.29. The molecule has 20 heavy (non-hydrogen) atoms. The molecule has 0 bridgehead atoms. The first-order valence-corrected chi connectivity index (χ1v) is 7.46. The van der Waals surface area contributed by atoms with Crippen molar-refractivity contribution in [3.63, 3.8) is 0 Å². The molecule has 2 aromatic heterocycles. The van der Waals surface area contributed by atoms with Crippen molar-refractivity contribution in [2.24, 2.45) is 0 Å². The Morgan fingerprint density at radius 1 is 1.35 bits per heavy atom. The Balaban J connectivity index is 1.69. The number of pyridine rings is 1. The van der Waals surface area contributed by atoms with Crippen LogP contribution in [0.1, 0.15) is 31.4 Å².